The first-order valence-corrected chi connectivity index (χ1v) is 6.96. The van der Waals surface area contributed by atoms with E-state index in [9.17, 15) is 0 Å². The molecule has 0 radical (unpaired) electrons. The number of thiazole rings is 1. The SMILES string of the molecule is COc1ccc(CNC(C)c2nccs2)cc1OC. The van der Waals surface area contributed by atoms with Gasteiger partial charge in [0.2, 0.25) is 0 Å². The molecule has 0 aliphatic heterocycles. The van der Waals surface area contributed by atoms with Crippen LogP contribution < -0.4 is 14.8 Å². The van der Waals surface area contributed by atoms with E-state index in [1.165, 1.54) is 0 Å². The monoisotopic (exact) mass is 278 g/mol. The highest BCUT2D eigenvalue weighted by Crippen LogP contribution is 2.27. The lowest BCUT2D eigenvalue weighted by Crippen LogP contribution is -2.17. The van der Waals surface area contributed by atoms with Crippen molar-refractivity contribution in [3.8, 4) is 11.5 Å². The van der Waals surface area contributed by atoms with Gasteiger partial charge in [-0.25, -0.2) is 4.98 Å². The highest BCUT2D eigenvalue weighted by molar-refractivity contribution is 7.09. The average molecular weight is 278 g/mol. The normalized spacial score (nSPS) is 12.2. The predicted octanol–water partition coefficient (Wildman–Crippen LogP) is 3.01. The van der Waals surface area contributed by atoms with Gasteiger partial charge in [-0.15, -0.1) is 11.3 Å². The first kappa shape index (κ1) is 13.8. The molecule has 1 N–H and O–H groups in total. The third-order valence-electron chi connectivity index (χ3n) is 2.88. The van der Waals surface area contributed by atoms with Gasteiger partial charge in [-0.2, -0.15) is 0 Å². The van der Waals surface area contributed by atoms with Gasteiger partial charge in [-0.05, 0) is 24.6 Å². The smallest absolute Gasteiger partial charge is 0.161 e. The summed E-state index contributed by atoms with van der Waals surface area (Å²) in [4.78, 5) is 4.30. The quantitative estimate of drug-likeness (QED) is 0.882. The molecule has 1 aromatic heterocycles. The van der Waals surface area contributed by atoms with Crippen LogP contribution in [-0.4, -0.2) is 19.2 Å². The fourth-order valence-corrected chi connectivity index (χ4v) is 2.47. The number of ether oxygens (including phenoxy) is 2. The minimum absolute atomic E-state index is 0.244. The lowest BCUT2D eigenvalue weighted by molar-refractivity contribution is 0.354. The van der Waals surface area contributed by atoms with E-state index in [1.807, 2.05) is 29.8 Å². The van der Waals surface area contributed by atoms with Crippen molar-refractivity contribution in [2.24, 2.45) is 0 Å². The van der Waals surface area contributed by atoms with Crippen LogP contribution in [0.25, 0.3) is 0 Å². The zero-order valence-corrected chi connectivity index (χ0v) is 12.2. The van der Waals surface area contributed by atoms with Gasteiger partial charge >= 0.3 is 0 Å². The van der Waals surface area contributed by atoms with Gasteiger partial charge in [0.05, 0.1) is 20.3 Å². The molecule has 1 heterocycles. The molecule has 1 aromatic carbocycles. The second kappa shape index (κ2) is 6.54. The summed E-state index contributed by atoms with van der Waals surface area (Å²) in [6, 6.07) is 6.18. The van der Waals surface area contributed by atoms with Crippen LogP contribution in [-0.2, 0) is 6.54 Å². The maximum atomic E-state index is 5.29. The van der Waals surface area contributed by atoms with Crippen molar-refractivity contribution in [1.29, 1.82) is 0 Å². The number of nitrogens with one attached hydrogen (secondary N) is 1. The largest absolute Gasteiger partial charge is 0.493 e. The summed E-state index contributed by atoms with van der Waals surface area (Å²) in [5.74, 6) is 1.50. The van der Waals surface area contributed by atoms with Crippen LogP contribution in [0.5, 0.6) is 11.5 Å². The second-order valence-electron chi connectivity index (χ2n) is 4.16. The molecule has 1 atom stereocenters. The van der Waals surface area contributed by atoms with Crippen molar-refractivity contribution in [2.75, 3.05) is 14.2 Å². The summed E-state index contributed by atoms with van der Waals surface area (Å²) >= 11 is 1.66. The topological polar surface area (TPSA) is 43.4 Å². The number of rotatable bonds is 6. The van der Waals surface area contributed by atoms with Crippen molar-refractivity contribution in [3.63, 3.8) is 0 Å². The van der Waals surface area contributed by atoms with Gasteiger partial charge in [-0.3, -0.25) is 0 Å². The third kappa shape index (κ3) is 3.45. The molecule has 102 valence electrons. The molecule has 0 aliphatic carbocycles. The molecule has 1 unspecified atom stereocenters. The van der Waals surface area contributed by atoms with Crippen LogP contribution in [0.1, 0.15) is 23.5 Å². The summed E-state index contributed by atoms with van der Waals surface area (Å²) in [5, 5.41) is 6.53. The number of aromatic nitrogens is 1. The Hall–Kier alpha value is -1.59. The van der Waals surface area contributed by atoms with E-state index in [-0.39, 0.29) is 6.04 Å². The molecule has 0 spiro atoms. The molecule has 0 aliphatic rings. The predicted molar refractivity (Wildman–Crippen MR) is 76.9 cm³/mol. The van der Waals surface area contributed by atoms with Gasteiger partial charge in [-0.1, -0.05) is 6.07 Å². The van der Waals surface area contributed by atoms with E-state index in [4.69, 9.17) is 9.47 Å². The van der Waals surface area contributed by atoms with Crippen LogP contribution in [0.3, 0.4) is 0 Å². The standard InChI is InChI=1S/C14H18N2O2S/c1-10(14-15-6-7-19-14)16-9-11-4-5-12(17-2)13(8-11)18-3/h4-8,10,16H,9H2,1-3H3. The molecule has 2 rings (SSSR count). The molecule has 5 heteroatoms. The van der Waals surface area contributed by atoms with Gasteiger partial charge in [0.15, 0.2) is 11.5 Å². The minimum Gasteiger partial charge on any atom is -0.493 e. The number of benzene rings is 1. The van der Waals surface area contributed by atoms with Crippen LogP contribution >= 0.6 is 11.3 Å². The summed E-state index contributed by atoms with van der Waals surface area (Å²) in [6.45, 7) is 2.88. The summed E-state index contributed by atoms with van der Waals surface area (Å²) < 4.78 is 10.5. The van der Waals surface area contributed by atoms with Crippen molar-refractivity contribution >= 4 is 11.3 Å². The zero-order chi connectivity index (χ0) is 13.7. The van der Waals surface area contributed by atoms with Crippen molar-refractivity contribution < 1.29 is 9.47 Å². The van der Waals surface area contributed by atoms with Crippen LogP contribution in [0.4, 0.5) is 0 Å². The Labute approximate surface area is 117 Å². The Morgan fingerprint density at radius 2 is 2.05 bits per heavy atom. The number of methoxy groups -OCH3 is 2. The molecule has 2 aromatic rings. The van der Waals surface area contributed by atoms with E-state index in [2.05, 4.69) is 17.2 Å². The Morgan fingerprint density at radius 3 is 2.68 bits per heavy atom. The molecule has 0 bridgehead atoms. The number of nitrogens with zero attached hydrogens (tertiary/aromatic N) is 1. The molecule has 0 saturated heterocycles. The van der Waals surface area contributed by atoms with E-state index < -0.39 is 0 Å². The Bertz CT molecular complexity index is 514. The molecule has 0 saturated carbocycles. The van der Waals surface area contributed by atoms with Gasteiger partial charge in [0.25, 0.3) is 0 Å². The van der Waals surface area contributed by atoms with Gasteiger partial charge in [0.1, 0.15) is 5.01 Å². The Balaban J connectivity index is 1.99. The molecular formula is C14H18N2O2S. The maximum Gasteiger partial charge on any atom is 0.161 e. The number of hydrogen-bond donors (Lipinski definition) is 1. The van der Waals surface area contributed by atoms with E-state index in [0.29, 0.717) is 0 Å². The summed E-state index contributed by atoms with van der Waals surface area (Å²) in [6.07, 6.45) is 1.83. The molecule has 0 amide bonds. The first-order valence-electron chi connectivity index (χ1n) is 6.08. The van der Waals surface area contributed by atoms with E-state index in [1.54, 1.807) is 25.6 Å². The van der Waals surface area contributed by atoms with Crippen molar-refractivity contribution in [3.05, 3.63) is 40.3 Å². The van der Waals surface area contributed by atoms with E-state index in [0.717, 1.165) is 28.6 Å². The van der Waals surface area contributed by atoms with E-state index >= 15 is 0 Å². The summed E-state index contributed by atoms with van der Waals surface area (Å²) in [5.41, 5.74) is 1.15. The van der Waals surface area contributed by atoms with Crippen LogP contribution in [0.2, 0.25) is 0 Å². The maximum absolute atomic E-state index is 5.29. The lowest BCUT2D eigenvalue weighted by Gasteiger charge is -2.13. The van der Waals surface area contributed by atoms with Crippen LogP contribution in [0, 0.1) is 0 Å². The fraction of sp³-hybridized carbons (Fsp3) is 0.357. The van der Waals surface area contributed by atoms with Crippen LogP contribution in [0.15, 0.2) is 29.8 Å². The Morgan fingerprint density at radius 1 is 1.26 bits per heavy atom. The second-order valence-corrected chi connectivity index (χ2v) is 5.09. The summed E-state index contributed by atoms with van der Waals surface area (Å²) in [7, 11) is 3.29. The first-order chi connectivity index (χ1) is 9.24. The molecule has 19 heavy (non-hydrogen) atoms. The minimum atomic E-state index is 0.244. The van der Waals surface area contributed by atoms with Gasteiger partial charge in [0, 0.05) is 18.1 Å². The molecular weight excluding hydrogens is 260 g/mol. The highest BCUT2D eigenvalue weighted by Gasteiger charge is 2.08. The average Bonchev–Trinajstić information content (AvgIpc) is 2.98. The molecule has 0 fully saturated rings. The van der Waals surface area contributed by atoms with Crippen molar-refractivity contribution in [2.45, 2.75) is 19.5 Å². The van der Waals surface area contributed by atoms with Crippen molar-refractivity contribution in [1.82, 2.24) is 10.3 Å². The lowest BCUT2D eigenvalue weighted by atomic mass is 10.2. The Kier molecular flexibility index (Phi) is 4.76. The third-order valence-corrected chi connectivity index (χ3v) is 3.84. The highest BCUT2D eigenvalue weighted by atomic mass is 32.1. The zero-order valence-electron chi connectivity index (χ0n) is 11.3. The van der Waals surface area contributed by atoms with Gasteiger partial charge < -0.3 is 14.8 Å². The fourth-order valence-electron chi connectivity index (χ4n) is 1.80. The number of hydrogen-bond acceptors (Lipinski definition) is 5. The molecule has 4 nitrogen and oxygen atoms in total.